The van der Waals surface area contributed by atoms with Crippen LogP contribution in [0.1, 0.15) is 48.2 Å². The molecule has 6 heteroatoms. The number of amides is 1. The highest BCUT2D eigenvalue weighted by Gasteiger charge is 2.29. The number of rotatable bonds is 5. The summed E-state index contributed by atoms with van der Waals surface area (Å²) in [5, 5.41) is 13.4. The summed E-state index contributed by atoms with van der Waals surface area (Å²) in [6, 6.07) is 9.68. The quantitative estimate of drug-likeness (QED) is 0.907. The zero-order valence-electron chi connectivity index (χ0n) is 14.4. The van der Waals surface area contributed by atoms with Gasteiger partial charge in [0.25, 0.3) is 5.91 Å². The number of aromatic nitrogens is 2. The molecule has 0 aliphatic carbocycles. The van der Waals surface area contributed by atoms with Gasteiger partial charge in [-0.2, -0.15) is 5.10 Å². The van der Waals surface area contributed by atoms with Gasteiger partial charge in [0.2, 0.25) is 0 Å². The molecule has 1 aliphatic heterocycles. The first-order chi connectivity index (χ1) is 12.1. The predicted octanol–water partition coefficient (Wildman–Crippen LogP) is 3.04. The number of aliphatic carboxylic acids is 1. The average molecular weight is 341 g/mol. The Hall–Kier alpha value is -2.63. The number of aryl methyl sites for hydroxylation is 1. The monoisotopic (exact) mass is 341 g/mol. The summed E-state index contributed by atoms with van der Waals surface area (Å²) >= 11 is 0. The second kappa shape index (κ2) is 7.51. The lowest BCUT2D eigenvalue weighted by Crippen LogP contribution is -2.44. The molecule has 25 heavy (non-hydrogen) atoms. The molecule has 2 heterocycles. The average Bonchev–Trinajstić information content (AvgIpc) is 3.02. The van der Waals surface area contributed by atoms with Crippen molar-refractivity contribution in [3.05, 3.63) is 47.8 Å². The number of hydrogen-bond donors (Lipinski definition) is 1. The van der Waals surface area contributed by atoms with E-state index in [9.17, 15) is 9.59 Å². The van der Waals surface area contributed by atoms with E-state index >= 15 is 0 Å². The minimum absolute atomic E-state index is 0.00294. The van der Waals surface area contributed by atoms with Crippen LogP contribution >= 0.6 is 0 Å². The summed E-state index contributed by atoms with van der Waals surface area (Å²) in [4.78, 5) is 25.8. The van der Waals surface area contributed by atoms with Crippen molar-refractivity contribution in [3.8, 4) is 5.69 Å². The molecule has 1 aromatic heterocycles. The lowest BCUT2D eigenvalue weighted by Gasteiger charge is -2.35. The number of para-hydroxylation sites is 1. The third-order valence-corrected chi connectivity index (χ3v) is 4.73. The van der Waals surface area contributed by atoms with Crippen molar-refractivity contribution in [2.75, 3.05) is 6.54 Å². The maximum Gasteiger partial charge on any atom is 0.303 e. The number of nitrogens with zero attached hydrogens (tertiary/aromatic N) is 3. The van der Waals surface area contributed by atoms with Crippen molar-refractivity contribution in [2.24, 2.45) is 0 Å². The Balaban J connectivity index is 1.81. The smallest absolute Gasteiger partial charge is 0.303 e. The van der Waals surface area contributed by atoms with E-state index in [1.807, 2.05) is 42.2 Å². The molecule has 1 aromatic carbocycles. The van der Waals surface area contributed by atoms with Gasteiger partial charge >= 0.3 is 5.97 Å². The third-order valence-electron chi connectivity index (χ3n) is 4.73. The maximum atomic E-state index is 13.0. The third kappa shape index (κ3) is 3.90. The number of hydrogen-bond acceptors (Lipinski definition) is 3. The van der Waals surface area contributed by atoms with E-state index in [0.717, 1.165) is 24.9 Å². The van der Waals surface area contributed by atoms with Gasteiger partial charge in [-0.05, 0) is 44.7 Å². The van der Waals surface area contributed by atoms with Gasteiger partial charge in [0.05, 0.1) is 16.9 Å². The minimum atomic E-state index is -0.814. The summed E-state index contributed by atoms with van der Waals surface area (Å²) in [5.41, 5.74) is 2.19. The number of carboxylic acids is 1. The Kier molecular flexibility index (Phi) is 5.16. The van der Waals surface area contributed by atoms with Crippen LogP contribution in [0.3, 0.4) is 0 Å². The number of piperidine rings is 1. The van der Waals surface area contributed by atoms with Crippen LogP contribution in [0.5, 0.6) is 0 Å². The first kappa shape index (κ1) is 17.2. The van der Waals surface area contributed by atoms with Crippen LogP contribution in [0.15, 0.2) is 36.5 Å². The molecule has 1 fully saturated rings. The molecule has 0 radical (unpaired) electrons. The maximum absolute atomic E-state index is 13.0. The van der Waals surface area contributed by atoms with E-state index in [2.05, 4.69) is 5.10 Å². The Bertz CT molecular complexity index is 755. The van der Waals surface area contributed by atoms with E-state index in [0.29, 0.717) is 24.2 Å². The summed E-state index contributed by atoms with van der Waals surface area (Å²) in [5.74, 6) is -0.860. The van der Waals surface area contributed by atoms with Crippen LogP contribution in [0.4, 0.5) is 0 Å². The number of carbonyl (C=O) groups is 2. The number of likely N-dealkylation sites (tertiary alicyclic amines) is 1. The highest BCUT2D eigenvalue weighted by Crippen LogP contribution is 2.24. The van der Waals surface area contributed by atoms with E-state index < -0.39 is 5.97 Å². The van der Waals surface area contributed by atoms with Crippen molar-refractivity contribution in [1.82, 2.24) is 14.7 Å². The molecule has 132 valence electrons. The SMILES string of the molecule is Cc1nn(-c2ccccc2)cc1C(=O)N1CCCC[C@H]1CCC(=O)O. The van der Waals surface area contributed by atoms with Gasteiger partial charge < -0.3 is 10.0 Å². The zero-order valence-corrected chi connectivity index (χ0v) is 14.4. The van der Waals surface area contributed by atoms with Crippen LogP contribution in [0.25, 0.3) is 5.69 Å². The van der Waals surface area contributed by atoms with E-state index in [-0.39, 0.29) is 18.4 Å². The fraction of sp³-hybridized carbons (Fsp3) is 0.421. The topological polar surface area (TPSA) is 75.4 Å². The number of benzene rings is 1. The summed E-state index contributed by atoms with van der Waals surface area (Å²) in [6.45, 7) is 2.52. The van der Waals surface area contributed by atoms with E-state index in [1.165, 1.54) is 0 Å². The molecule has 0 saturated carbocycles. The molecule has 0 spiro atoms. The minimum Gasteiger partial charge on any atom is -0.481 e. The molecule has 1 aliphatic rings. The second-order valence-corrected chi connectivity index (χ2v) is 6.49. The van der Waals surface area contributed by atoms with Gasteiger partial charge in [-0.25, -0.2) is 4.68 Å². The summed E-state index contributed by atoms with van der Waals surface area (Å²) < 4.78 is 1.72. The molecule has 1 atom stereocenters. The molecule has 3 rings (SSSR count). The lowest BCUT2D eigenvalue weighted by molar-refractivity contribution is -0.137. The Labute approximate surface area is 147 Å². The fourth-order valence-electron chi connectivity index (χ4n) is 3.40. The predicted molar refractivity (Wildman–Crippen MR) is 93.8 cm³/mol. The summed E-state index contributed by atoms with van der Waals surface area (Å²) in [6.07, 6.45) is 5.24. The van der Waals surface area contributed by atoms with Crippen molar-refractivity contribution < 1.29 is 14.7 Å². The highest BCUT2D eigenvalue weighted by atomic mass is 16.4. The molecule has 1 N–H and O–H groups in total. The Morgan fingerprint density at radius 1 is 1.24 bits per heavy atom. The second-order valence-electron chi connectivity index (χ2n) is 6.49. The van der Waals surface area contributed by atoms with Crippen molar-refractivity contribution in [3.63, 3.8) is 0 Å². The number of carbonyl (C=O) groups excluding carboxylic acids is 1. The van der Waals surface area contributed by atoms with Crippen LogP contribution < -0.4 is 0 Å². The Morgan fingerprint density at radius 3 is 2.72 bits per heavy atom. The van der Waals surface area contributed by atoms with Crippen LogP contribution in [-0.2, 0) is 4.79 Å². The molecular formula is C19H23N3O3. The molecule has 0 bridgehead atoms. The van der Waals surface area contributed by atoms with Crippen molar-refractivity contribution in [2.45, 2.75) is 45.1 Å². The molecule has 1 saturated heterocycles. The van der Waals surface area contributed by atoms with E-state index in [4.69, 9.17) is 5.11 Å². The van der Waals surface area contributed by atoms with Crippen LogP contribution in [-0.4, -0.2) is 44.3 Å². The normalized spacial score (nSPS) is 17.5. The largest absolute Gasteiger partial charge is 0.481 e. The first-order valence-corrected chi connectivity index (χ1v) is 8.70. The van der Waals surface area contributed by atoms with Gasteiger partial charge in [-0.15, -0.1) is 0 Å². The Morgan fingerprint density at radius 2 is 2.00 bits per heavy atom. The number of carboxylic acid groups (broad SMARTS) is 1. The first-order valence-electron chi connectivity index (χ1n) is 8.70. The van der Waals surface area contributed by atoms with Crippen LogP contribution in [0, 0.1) is 6.92 Å². The van der Waals surface area contributed by atoms with Gasteiger partial charge in [0.1, 0.15) is 0 Å². The van der Waals surface area contributed by atoms with Crippen LogP contribution in [0.2, 0.25) is 0 Å². The molecule has 1 amide bonds. The van der Waals surface area contributed by atoms with E-state index in [1.54, 1.807) is 10.9 Å². The molecule has 2 aromatic rings. The van der Waals surface area contributed by atoms with Gasteiger partial charge in [-0.3, -0.25) is 9.59 Å². The zero-order chi connectivity index (χ0) is 17.8. The lowest BCUT2D eigenvalue weighted by atomic mass is 9.97. The fourth-order valence-corrected chi connectivity index (χ4v) is 3.40. The van der Waals surface area contributed by atoms with Gasteiger partial charge in [0, 0.05) is 25.2 Å². The van der Waals surface area contributed by atoms with Gasteiger partial charge in [-0.1, -0.05) is 18.2 Å². The highest BCUT2D eigenvalue weighted by molar-refractivity contribution is 5.95. The standard InChI is InChI=1S/C19H23N3O3/c1-14-17(13-22(20-14)16-8-3-2-4-9-16)19(25)21-12-6-5-7-15(21)10-11-18(23)24/h2-4,8-9,13,15H,5-7,10-12H2,1H3,(H,23,24)/t15-/m0/s1. The summed E-state index contributed by atoms with van der Waals surface area (Å²) in [7, 11) is 0. The molecular weight excluding hydrogens is 318 g/mol. The molecule has 6 nitrogen and oxygen atoms in total. The van der Waals surface area contributed by atoms with Crippen molar-refractivity contribution in [1.29, 1.82) is 0 Å². The molecule has 0 unspecified atom stereocenters. The van der Waals surface area contributed by atoms with Crippen molar-refractivity contribution >= 4 is 11.9 Å². The van der Waals surface area contributed by atoms with Gasteiger partial charge in [0.15, 0.2) is 0 Å².